The number of aromatic nitrogens is 3. The Morgan fingerprint density at radius 1 is 1.17 bits per heavy atom. The SMILES string of the molecule is CN1CCC[C@@H](Nc2nnc(-c3ccc(C(F)(F)F)cc3C(F)F)c3cccn23)C1. The molecular weight excluding hydrogens is 405 g/mol. The monoisotopic (exact) mass is 425 g/mol. The molecule has 0 radical (unpaired) electrons. The average molecular weight is 425 g/mol. The molecule has 0 aliphatic carbocycles. The van der Waals surface area contributed by atoms with E-state index in [1.807, 2.05) is 7.05 Å². The summed E-state index contributed by atoms with van der Waals surface area (Å²) in [6, 6.07) is 5.85. The van der Waals surface area contributed by atoms with E-state index in [-0.39, 0.29) is 17.3 Å². The lowest BCUT2D eigenvalue weighted by molar-refractivity contribution is -0.137. The average Bonchev–Trinajstić information content (AvgIpc) is 3.17. The van der Waals surface area contributed by atoms with Crippen molar-refractivity contribution in [3.63, 3.8) is 0 Å². The van der Waals surface area contributed by atoms with Gasteiger partial charge in [-0.1, -0.05) is 6.07 Å². The molecule has 1 saturated heterocycles. The minimum absolute atomic E-state index is 0.0712. The lowest BCUT2D eigenvalue weighted by Gasteiger charge is -2.30. The highest BCUT2D eigenvalue weighted by atomic mass is 19.4. The van der Waals surface area contributed by atoms with Gasteiger partial charge in [-0.05, 0) is 50.7 Å². The molecule has 5 nitrogen and oxygen atoms in total. The number of hydrogen-bond donors (Lipinski definition) is 1. The Bertz CT molecular complexity index is 1050. The fourth-order valence-corrected chi connectivity index (χ4v) is 3.85. The van der Waals surface area contributed by atoms with Crippen LogP contribution < -0.4 is 5.32 Å². The molecule has 160 valence electrons. The molecular formula is C20H20F5N5. The summed E-state index contributed by atoms with van der Waals surface area (Å²) in [4.78, 5) is 2.20. The number of rotatable bonds is 4. The van der Waals surface area contributed by atoms with Gasteiger partial charge in [0, 0.05) is 29.9 Å². The first-order valence-corrected chi connectivity index (χ1v) is 9.52. The highest BCUT2D eigenvalue weighted by Gasteiger charge is 2.32. The minimum atomic E-state index is -4.71. The third-order valence-corrected chi connectivity index (χ3v) is 5.29. The van der Waals surface area contributed by atoms with E-state index in [4.69, 9.17) is 0 Å². The van der Waals surface area contributed by atoms with Gasteiger partial charge in [0.2, 0.25) is 5.95 Å². The van der Waals surface area contributed by atoms with Crippen molar-refractivity contribution in [1.29, 1.82) is 0 Å². The lowest BCUT2D eigenvalue weighted by Crippen LogP contribution is -2.40. The molecule has 30 heavy (non-hydrogen) atoms. The maximum absolute atomic E-state index is 13.6. The molecule has 0 spiro atoms. The van der Waals surface area contributed by atoms with Gasteiger partial charge in [0.25, 0.3) is 6.43 Å². The molecule has 0 unspecified atom stereocenters. The second-order valence-electron chi connectivity index (χ2n) is 7.48. The van der Waals surface area contributed by atoms with Gasteiger partial charge in [0.15, 0.2) is 0 Å². The van der Waals surface area contributed by atoms with Crippen molar-refractivity contribution in [3.05, 3.63) is 47.7 Å². The molecule has 1 fully saturated rings. The molecule has 1 aliphatic rings. The summed E-state index contributed by atoms with van der Waals surface area (Å²) in [6.45, 7) is 1.85. The van der Waals surface area contributed by atoms with Gasteiger partial charge in [-0.3, -0.25) is 4.40 Å². The smallest absolute Gasteiger partial charge is 0.350 e. The number of fused-ring (bicyclic) bond motifs is 1. The second kappa shape index (κ2) is 7.82. The van der Waals surface area contributed by atoms with Crippen LogP contribution in [0, 0.1) is 0 Å². The number of hydrogen-bond acceptors (Lipinski definition) is 4. The number of likely N-dealkylation sites (N-methyl/N-ethyl adjacent to an activating group) is 1. The molecule has 1 atom stereocenters. The zero-order valence-electron chi connectivity index (χ0n) is 16.1. The first-order valence-electron chi connectivity index (χ1n) is 9.52. The third kappa shape index (κ3) is 3.96. The lowest BCUT2D eigenvalue weighted by atomic mass is 10.0. The summed E-state index contributed by atoms with van der Waals surface area (Å²) >= 11 is 0. The van der Waals surface area contributed by atoms with Gasteiger partial charge in [-0.25, -0.2) is 8.78 Å². The Hall–Kier alpha value is -2.75. The number of alkyl halides is 5. The van der Waals surface area contributed by atoms with E-state index in [2.05, 4.69) is 20.4 Å². The summed E-state index contributed by atoms with van der Waals surface area (Å²) < 4.78 is 67.8. The van der Waals surface area contributed by atoms with Crippen LogP contribution >= 0.6 is 0 Å². The first-order chi connectivity index (χ1) is 14.2. The van der Waals surface area contributed by atoms with Crippen molar-refractivity contribution in [3.8, 4) is 11.3 Å². The van der Waals surface area contributed by atoms with Crippen molar-refractivity contribution in [1.82, 2.24) is 19.5 Å². The number of anilines is 1. The van der Waals surface area contributed by atoms with Crippen LogP contribution in [-0.2, 0) is 6.18 Å². The summed E-state index contributed by atoms with van der Waals surface area (Å²) in [6.07, 6.45) is -4.08. The van der Waals surface area contributed by atoms with E-state index in [0.29, 0.717) is 17.5 Å². The Morgan fingerprint density at radius 3 is 2.67 bits per heavy atom. The maximum atomic E-state index is 13.6. The Morgan fingerprint density at radius 2 is 1.97 bits per heavy atom. The molecule has 0 bridgehead atoms. The number of piperidine rings is 1. The van der Waals surface area contributed by atoms with E-state index in [0.717, 1.165) is 38.1 Å². The van der Waals surface area contributed by atoms with Crippen LogP contribution in [0.2, 0.25) is 0 Å². The fourth-order valence-electron chi connectivity index (χ4n) is 3.85. The fraction of sp³-hybridized carbons (Fsp3) is 0.400. The summed E-state index contributed by atoms with van der Waals surface area (Å²) in [5.74, 6) is 0.463. The van der Waals surface area contributed by atoms with E-state index < -0.39 is 23.7 Å². The highest BCUT2D eigenvalue weighted by molar-refractivity contribution is 5.80. The molecule has 0 saturated carbocycles. The zero-order chi connectivity index (χ0) is 21.5. The third-order valence-electron chi connectivity index (χ3n) is 5.29. The van der Waals surface area contributed by atoms with Gasteiger partial charge in [-0.15, -0.1) is 10.2 Å². The van der Waals surface area contributed by atoms with Crippen LogP contribution in [0.25, 0.3) is 16.8 Å². The predicted octanol–water partition coefficient (Wildman–Crippen LogP) is 4.86. The van der Waals surface area contributed by atoms with Crippen molar-refractivity contribution < 1.29 is 22.0 Å². The zero-order valence-corrected chi connectivity index (χ0v) is 16.1. The van der Waals surface area contributed by atoms with Gasteiger partial charge in [-0.2, -0.15) is 13.2 Å². The van der Waals surface area contributed by atoms with Crippen LogP contribution in [0.3, 0.4) is 0 Å². The standard InChI is InChI=1S/C20H20F5N5/c1-29-8-2-4-13(11-29)26-19-28-27-17(16-5-3-9-30(16)19)14-7-6-12(20(23,24)25)10-15(14)18(21)22/h3,5-7,9-10,13,18H,2,4,8,11H2,1H3,(H,26,28)/t13-/m1/s1. The summed E-state index contributed by atoms with van der Waals surface area (Å²) in [5.41, 5.74) is -1.33. The van der Waals surface area contributed by atoms with Crippen LogP contribution in [0.5, 0.6) is 0 Å². The summed E-state index contributed by atoms with van der Waals surface area (Å²) in [7, 11) is 2.03. The van der Waals surface area contributed by atoms with E-state index >= 15 is 0 Å². The normalized spacial score (nSPS) is 18.3. The predicted molar refractivity (Wildman–Crippen MR) is 103 cm³/mol. The topological polar surface area (TPSA) is 45.5 Å². The molecule has 3 heterocycles. The summed E-state index contributed by atoms with van der Waals surface area (Å²) in [5, 5.41) is 11.6. The number of halogens is 5. The molecule has 3 aromatic rings. The molecule has 10 heteroatoms. The van der Waals surface area contributed by atoms with E-state index in [9.17, 15) is 22.0 Å². The van der Waals surface area contributed by atoms with E-state index in [1.165, 1.54) is 0 Å². The Balaban J connectivity index is 1.75. The van der Waals surface area contributed by atoms with Crippen molar-refractivity contribution in [2.75, 3.05) is 25.5 Å². The molecule has 0 amide bonds. The van der Waals surface area contributed by atoms with Gasteiger partial charge in [0.1, 0.15) is 5.69 Å². The molecule has 1 N–H and O–H groups in total. The van der Waals surface area contributed by atoms with E-state index in [1.54, 1.807) is 22.7 Å². The van der Waals surface area contributed by atoms with Gasteiger partial charge < -0.3 is 10.2 Å². The number of nitrogens with one attached hydrogen (secondary N) is 1. The Labute approximate surface area is 169 Å². The Kier molecular flexibility index (Phi) is 5.35. The largest absolute Gasteiger partial charge is 0.416 e. The van der Waals surface area contributed by atoms with Gasteiger partial charge >= 0.3 is 6.18 Å². The van der Waals surface area contributed by atoms with Gasteiger partial charge in [0.05, 0.1) is 11.1 Å². The number of likely N-dealkylation sites (tertiary alicyclic amines) is 1. The van der Waals surface area contributed by atoms with Crippen molar-refractivity contribution in [2.45, 2.75) is 31.5 Å². The molecule has 4 rings (SSSR count). The quantitative estimate of drug-likeness (QED) is 0.607. The molecule has 1 aliphatic heterocycles. The van der Waals surface area contributed by atoms with Crippen molar-refractivity contribution in [2.24, 2.45) is 0 Å². The van der Waals surface area contributed by atoms with Crippen LogP contribution in [0.15, 0.2) is 36.5 Å². The molecule has 1 aromatic carbocycles. The van der Waals surface area contributed by atoms with Crippen LogP contribution in [0.4, 0.5) is 27.9 Å². The first kappa shape index (κ1) is 20.5. The van der Waals surface area contributed by atoms with Crippen molar-refractivity contribution >= 4 is 11.5 Å². The van der Waals surface area contributed by atoms with Crippen LogP contribution in [0.1, 0.15) is 30.4 Å². The maximum Gasteiger partial charge on any atom is 0.416 e. The molecule has 2 aromatic heterocycles. The highest BCUT2D eigenvalue weighted by Crippen LogP contribution is 2.38. The minimum Gasteiger partial charge on any atom is -0.350 e. The van der Waals surface area contributed by atoms with Crippen LogP contribution in [-0.4, -0.2) is 45.7 Å². The second-order valence-corrected chi connectivity index (χ2v) is 7.48. The number of benzene rings is 1. The number of nitrogens with zero attached hydrogens (tertiary/aromatic N) is 4.